The van der Waals surface area contributed by atoms with Crippen LogP contribution in [0.15, 0.2) is 24.3 Å². The molecule has 1 N–H and O–H groups in total. The van der Waals surface area contributed by atoms with Gasteiger partial charge in [0.05, 0.1) is 22.5 Å². The molecule has 22 heavy (non-hydrogen) atoms. The number of nitrogens with one attached hydrogen (secondary N) is 1. The van der Waals surface area contributed by atoms with E-state index in [0.29, 0.717) is 19.3 Å². The Morgan fingerprint density at radius 2 is 2.18 bits per heavy atom. The highest BCUT2D eigenvalue weighted by molar-refractivity contribution is 7.91. The van der Waals surface area contributed by atoms with Crippen LogP contribution < -0.4 is 0 Å². The van der Waals surface area contributed by atoms with E-state index in [9.17, 15) is 13.2 Å². The number of para-hydroxylation sites is 2. The quantitative estimate of drug-likeness (QED) is 0.915. The Balaban J connectivity index is 1.60. The van der Waals surface area contributed by atoms with Gasteiger partial charge in [0.15, 0.2) is 9.84 Å². The number of imidazole rings is 1. The molecule has 0 saturated carbocycles. The molecule has 2 aromatic rings. The predicted molar refractivity (Wildman–Crippen MR) is 84.2 cm³/mol. The van der Waals surface area contributed by atoms with Gasteiger partial charge in [-0.05, 0) is 18.6 Å². The molecule has 3 rings (SSSR count). The maximum Gasteiger partial charge on any atom is 0.223 e. The summed E-state index contributed by atoms with van der Waals surface area (Å²) in [5.74, 6) is 1.00. The van der Waals surface area contributed by atoms with Crippen LogP contribution in [0, 0.1) is 0 Å². The topological polar surface area (TPSA) is 83.1 Å². The van der Waals surface area contributed by atoms with Gasteiger partial charge in [0.2, 0.25) is 5.91 Å². The SMILES string of the molecule is CN(C(=O)CCc1nc2ccccc2[nH]1)[C@@H]1CCS(=O)(=O)C1. The molecular weight excluding hydrogens is 302 g/mol. The van der Waals surface area contributed by atoms with Crippen molar-refractivity contribution in [2.24, 2.45) is 0 Å². The van der Waals surface area contributed by atoms with E-state index in [-0.39, 0.29) is 23.5 Å². The summed E-state index contributed by atoms with van der Waals surface area (Å²) in [4.78, 5) is 21.4. The molecule has 6 nitrogen and oxygen atoms in total. The number of carbonyl (C=O) groups is 1. The number of carbonyl (C=O) groups excluding carboxylic acids is 1. The van der Waals surface area contributed by atoms with Gasteiger partial charge in [-0.15, -0.1) is 0 Å². The first-order chi connectivity index (χ1) is 10.4. The Bertz CT molecular complexity index is 764. The van der Waals surface area contributed by atoms with Crippen LogP contribution in [0.25, 0.3) is 11.0 Å². The van der Waals surface area contributed by atoms with Gasteiger partial charge in [-0.25, -0.2) is 13.4 Å². The molecule has 1 saturated heterocycles. The number of aromatic nitrogens is 2. The highest BCUT2D eigenvalue weighted by atomic mass is 32.2. The number of H-pyrrole nitrogens is 1. The van der Waals surface area contributed by atoms with Crippen LogP contribution >= 0.6 is 0 Å². The Kier molecular flexibility index (Phi) is 3.90. The van der Waals surface area contributed by atoms with Gasteiger partial charge < -0.3 is 9.88 Å². The molecule has 1 amide bonds. The van der Waals surface area contributed by atoms with Gasteiger partial charge in [0.25, 0.3) is 0 Å². The molecule has 118 valence electrons. The lowest BCUT2D eigenvalue weighted by atomic mass is 10.2. The molecule has 0 aliphatic carbocycles. The first kappa shape index (κ1) is 15.0. The van der Waals surface area contributed by atoms with Crippen molar-refractivity contribution >= 4 is 26.8 Å². The van der Waals surface area contributed by atoms with Gasteiger partial charge in [-0.2, -0.15) is 0 Å². The lowest BCUT2D eigenvalue weighted by molar-refractivity contribution is -0.131. The van der Waals surface area contributed by atoms with Crippen molar-refractivity contribution < 1.29 is 13.2 Å². The second kappa shape index (κ2) is 5.72. The summed E-state index contributed by atoms with van der Waals surface area (Å²) >= 11 is 0. The molecule has 1 aliphatic heterocycles. The fourth-order valence-electron chi connectivity index (χ4n) is 2.81. The zero-order valence-electron chi connectivity index (χ0n) is 12.4. The highest BCUT2D eigenvalue weighted by Crippen LogP contribution is 2.18. The van der Waals surface area contributed by atoms with Crippen molar-refractivity contribution in [1.82, 2.24) is 14.9 Å². The van der Waals surface area contributed by atoms with Crippen LogP contribution in [0.5, 0.6) is 0 Å². The number of nitrogens with zero attached hydrogens (tertiary/aromatic N) is 2. The summed E-state index contributed by atoms with van der Waals surface area (Å²) in [6.07, 6.45) is 1.39. The van der Waals surface area contributed by atoms with Crippen molar-refractivity contribution in [3.8, 4) is 0 Å². The monoisotopic (exact) mass is 321 g/mol. The van der Waals surface area contributed by atoms with E-state index in [4.69, 9.17) is 0 Å². The Morgan fingerprint density at radius 1 is 1.41 bits per heavy atom. The van der Waals surface area contributed by atoms with Crippen LogP contribution in [-0.2, 0) is 21.1 Å². The van der Waals surface area contributed by atoms with E-state index in [1.54, 1.807) is 11.9 Å². The minimum Gasteiger partial charge on any atom is -0.342 e. The van der Waals surface area contributed by atoms with E-state index >= 15 is 0 Å². The summed E-state index contributed by atoms with van der Waals surface area (Å²) in [5, 5.41) is 0. The van der Waals surface area contributed by atoms with Gasteiger partial charge >= 0.3 is 0 Å². The Labute approximate surface area is 129 Å². The van der Waals surface area contributed by atoms with Gasteiger partial charge in [-0.1, -0.05) is 12.1 Å². The number of rotatable bonds is 4. The minimum atomic E-state index is -2.97. The Hall–Kier alpha value is -1.89. The maximum atomic E-state index is 12.2. The van der Waals surface area contributed by atoms with Gasteiger partial charge in [-0.3, -0.25) is 4.79 Å². The zero-order valence-corrected chi connectivity index (χ0v) is 13.3. The second-order valence-electron chi connectivity index (χ2n) is 5.76. The van der Waals surface area contributed by atoms with Crippen LogP contribution in [0.3, 0.4) is 0 Å². The molecule has 1 atom stereocenters. The minimum absolute atomic E-state index is 0.0393. The number of aromatic amines is 1. The van der Waals surface area contributed by atoms with Crippen LogP contribution in [0.1, 0.15) is 18.7 Å². The Morgan fingerprint density at radius 3 is 2.86 bits per heavy atom. The number of hydrogen-bond donors (Lipinski definition) is 1. The van der Waals surface area contributed by atoms with Crippen molar-refractivity contribution in [3.63, 3.8) is 0 Å². The molecule has 1 aromatic heterocycles. The van der Waals surface area contributed by atoms with E-state index in [2.05, 4.69) is 9.97 Å². The standard InChI is InChI=1S/C15H19N3O3S/c1-18(11-8-9-22(20,21)10-11)15(19)7-6-14-16-12-4-2-3-5-13(12)17-14/h2-5,11H,6-10H2,1H3,(H,16,17)/t11-/m1/s1. The molecule has 0 unspecified atom stereocenters. The summed E-state index contributed by atoms with van der Waals surface area (Å²) in [6.45, 7) is 0. The number of amides is 1. The first-order valence-electron chi connectivity index (χ1n) is 7.34. The number of hydrogen-bond acceptors (Lipinski definition) is 4. The van der Waals surface area contributed by atoms with E-state index in [1.807, 2.05) is 24.3 Å². The smallest absolute Gasteiger partial charge is 0.223 e. The molecular formula is C15H19N3O3S. The second-order valence-corrected chi connectivity index (χ2v) is 7.99. The number of sulfone groups is 1. The number of benzene rings is 1. The molecule has 1 fully saturated rings. The molecule has 7 heteroatoms. The van der Waals surface area contributed by atoms with E-state index in [1.165, 1.54) is 0 Å². The number of aryl methyl sites for hydroxylation is 1. The van der Waals surface area contributed by atoms with Crippen molar-refractivity contribution in [3.05, 3.63) is 30.1 Å². The fourth-order valence-corrected chi connectivity index (χ4v) is 4.58. The number of fused-ring (bicyclic) bond motifs is 1. The fraction of sp³-hybridized carbons (Fsp3) is 0.467. The van der Waals surface area contributed by atoms with Gasteiger partial charge in [0, 0.05) is 25.9 Å². The van der Waals surface area contributed by atoms with Crippen molar-refractivity contribution in [2.75, 3.05) is 18.6 Å². The largest absolute Gasteiger partial charge is 0.342 e. The van der Waals surface area contributed by atoms with Crippen molar-refractivity contribution in [1.29, 1.82) is 0 Å². The third kappa shape index (κ3) is 3.14. The lowest BCUT2D eigenvalue weighted by Gasteiger charge is -2.23. The molecule has 2 heterocycles. The summed E-state index contributed by atoms with van der Waals surface area (Å²) in [6, 6.07) is 7.54. The van der Waals surface area contributed by atoms with Crippen LogP contribution in [0.2, 0.25) is 0 Å². The molecule has 0 spiro atoms. The normalized spacial score (nSPS) is 20.3. The summed E-state index contributed by atoms with van der Waals surface area (Å²) in [7, 11) is -1.28. The van der Waals surface area contributed by atoms with Gasteiger partial charge in [0.1, 0.15) is 5.82 Å². The maximum absolute atomic E-state index is 12.2. The summed E-state index contributed by atoms with van der Waals surface area (Å²) in [5.41, 5.74) is 1.85. The van der Waals surface area contributed by atoms with E-state index in [0.717, 1.165) is 16.9 Å². The first-order valence-corrected chi connectivity index (χ1v) is 9.16. The third-order valence-electron chi connectivity index (χ3n) is 4.16. The van der Waals surface area contributed by atoms with Crippen LogP contribution in [-0.4, -0.2) is 53.8 Å². The third-order valence-corrected chi connectivity index (χ3v) is 5.91. The van der Waals surface area contributed by atoms with Crippen LogP contribution in [0.4, 0.5) is 0 Å². The molecule has 1 aliphatic rings. The molecule has 0 bridgehead atoms. The summed E-state index contributed by atoms with van der Waals surface area (Å²) < 4.78 is 23.0. The average molecular weight is 321 g/mol. The highest BCUT2D eigenvalue weighted by Gasteiger charge is 2.32. The lowest BCUT2D eigenvalue weighted by Crippen LogP contribution is -2.37. The molecule has 1 aromatic carbocycles. The average Bonchev–Trinajstić information content (AvgIpc) is 3.06. The molecule has 0 radical (unpaired) electrons. The predicted octanol–water partition coefficient (Wildman–Crippen LogP) is 1.14. The zero-order chi connectivity index (χ0) is 15.7. The van der Waals surface area contributed by atoms with E-state index < -0.39 is 9.84 Å². The van der Waals surface area contributed by atoms with Crippen molar-refractivity contribution in [2.45, 2.75) is 25.3 Å².